The SMILES string of the molecule is CNc1ccc(S(=O)(=O)NCc2ccccc2)cn1. The van der Waals surface area contributed by atoms with E-state index in [9.17, 15) is 8.42 Å². The van der Waals surface area contributed by atoms with Crippen LogP contribution in [0.4, 0.5) is 5.82 Å². The predicted molar refractivity (Wildman–Crippen MR) is 74.3 cm³/mol. The zero-order valence-corrected chi connectivity index (χ0v) is 11.3. The Morgan fingerprint density at radius 1 is 1.11 bits per heavy atom. The van der Waals surface area contributed by atoms with Crippen LogP contribution in [0.15, 0.2) is 53.6 Å². The molecule has 2 aromatic rings. The third-order valence-corrected chi connectivity index (χ3v) is 4.00. The minimum absolute atomic E-state index is 0.155. The van der Waals surface area contributed by atoms with Gasteiger partial charge in [0.2, 0.25) is 10.0 Å². The van der Waals surface area contributed by atoms with Crippen LogP contribution >= 0.6 is 0 Å². The van der Waals surface area contributed by atoms with Crippen molar-refractivity contribution in [2.45, 2.75) is 11.4 Å². The zero-order valence-electron chi connectivity index (χ0n) is 10.5. The minimum Gasteiger partial charge on any atom is -0.373 e. The van der Waals surface area contributed by atoms with Gasteiger partial charge in [-0.15, -0.1) is 0 Å². The number of pyridine rings is 1. The molecular weight excluding hydrogens is 262 g/mol. The van der Waals surface area contributed by atoms with Gasteiger partial charge in [-0.3, -0.25) is 0 Å². The zero-order chi connectivity index (χ0) is 13.7. The lowest BCUT2D eigenvalue weighted by Crippen LogP contribution is -2.23. The largest absolute Gasteiger partial charge is 0.373 e. The standard InChI is InChI=1S/C13H15N3O2S/c1-14-13-8-7-12(10-15-13)19(17,18)16-9-11-5-3-2-4-6-11/h2-8,10,16H,9H2,1H3,(H,14,15). The molecule has 6 heteroatoms. The van der Waals surface area contributed by atoms with Crippen molar-refractivity contribution in [3.05, 3.63) is 54.2 Å². The highest BCUT2D eigenvalue weighted by atomic mass is 32.2. The van der Waals surface area contributed by atoms with Crippen molar-refractivity contribution in [1.29, 1.82) is 0 Å². The number of nitrogens with zero attached hydrogens (tertiary/aromatic N) is 1. The molecule has 2 rings (SSSR count). The lowest BCUT2D eigenvalue weighted by Gasteiger charge is -2.07. The number of aromatic nitrogens is 1. The number of sulfonamides is 1. The smallest absolute Gasteiger partial charge is 0.242 e. The number of benzene rings is 1. The van der Waals surface area contributed by atoms with Gasteiger partial charge in [0.1, 0.15) is 10.7 Å². The Bertz CT molecular complexity index is 625. The molecule has 0 spiro atoms. The monoisotopic (exact) mass is 277 g/mol. The normalized spacial score (nSPS) is 11.2. The molecule has 1 heterocycles. The molecule has 5 nitrogen and oxygen atoms in total. The summed E-state index contributed by atoms with van der Waals surface area (Å²) in [6, 6.07) is 12.5. The Hall–Kier alpha value is -1.92. The summed E-state index contributed by atoms with van der Waals surface area (Å²) in [7, 11) is -1.80. The maximum absolute atomic E-state index is 12.0. The molecular formula is C13H15N3O2S. The molecule has 0 aliphatic rings. The third kappa shape index (κ3) is 3.52. The molecule has 100 valence electrons. The molecule has 0 aliphatic heterocycles. The van der Waals surface area contributed by atoms with E-state index in [1.807, 2.05) is 30.3 Å². The molecule has 0 atom stereocenters. The summed E-state index contributed by atoms with van der Waals surface area (Å²) in [5.74, 6) is 0.627. The first-order valence-corrected chi connectivity index (χ1v) is 7.27. The van der Waals surface area contributed by atoms with Gasteiger partial charge in [-0.05, 0) is 17.7 Å². The first kappa shape index (κ1) is 13.5. The Labute approximate surface area is 112 Å². The number of hydrogen-bond donors (Lipinski definition) is 2. The van der Waals surface area contributed by atoms with E-state index in [4.69, 9.17) is 0 Å². The first-order valence-electron chi connectivity index (χ1n) is 5.79. The second-order valence-electron chi connectivity index (χ2n) is 3.94. The van der Waals surface area contributed by atoms with Crippen LogP contribution < -0.4 is 10.0 Å². The second kappa shape index (κ2) is 5.81. The lowest BCUT2D eigenvalue weighted by atomic mass is 10.2. The lowest BCUT2D eigenvalue weighted by molar-refractivity contribution is 0.581. The van der Waals surface area contributed by atoms with Crippen molar-refractivity contribution in [3.63, 3.8) is 0 Å². The van der Waals surface area contributed by atoms with Gasteiger partial charge in [-0.1, -0.05) is 30.3 Å². The molecule has 0 saturated carbocycles. The van der Waals surface area contributed by atoms with E-state index in [0.29, 0.717) is 5.82 Å². The van der Waals surface area contributed by atoms with Gasteiger partial charge >= 0.3 is 0 Å². The molecule has 0 amide bonds. The molecule has 19 heavy (non-hydrogen) atoms. The molecule has 1 aromatic carbocycles. The summed E-state index contributed by atoms with van der Waals surface area (Å²) in [5.41, 5.74) is 0.908. The van der Waals surface area contributed by atoms with E-state index in [1.54, 1.807) is 13.1 Å². The van der Waals surface area contributed by atoms with Crippen molar-refractivity contribution >= 4 is 15.8 Å². The molecule has 0 saturated heterocycles. The molecule has 0 aliphatic carbocycles. The fourth-order valence-corrected chi connectivity index (χ4v) is 2.51. The molecule has 0 radical (unpaired) electrons. The fraction of sp³-hybridized carbons (Fsp3) is 0.154. The summed E-state index contributed by atoms with van der Waals surface area (Å²) < 4.78 is 26.6. The Morgan fingerprint density at radius 2 is 1.84 bits per heavy atom. The van der Waals surface area contributed by atoms with Crippen molar-refractivity contribution in [1.82, 2.24) is 9.71 Å². The Morgan fingerprint density at radius 3 is 2.42 bits per heavy atom. The maximum atomic E-state index is 12.0. The highest BCUT2D eigenvalue weighted by molar-refractivity contribution is 7.89. The highest BCUT2D eigenvalue weighted by Crippen LogP contribution is 2.10. The van der Waals surface area contributed by atoms with Gasteiger partial charge in [-0.2, -0.15) is 0 Å². The van der Waals surface area contributed by atoms with E-state index in [1.165, 1.54) is 12.3 Å². The third-order valence-electron chi connectivity index (χ3n) is 2.61. The van der Waals surface area contributed by atoms with Gasteiger partial charge in [0.05, 0.1) is 0 Å². The fourth-order valence-electron chi connectivity index (χ4n) is 1.54. The summed E-state index contributed by atoms with van der Waals surface area (Å²) >= 11 is 0. The average Bonchev–Trinajstić information content (AvgIpc) is 2.46. The van der Waals surface area contributed by atoms with Gasteiger partial charge in [0.25, 0.3) is 0 Å². The Balaban J connectivity index is 2.09. The van der Waals surface area contributed by atoms with Gasteiger partial charge in [0, 0.05) is 19.8 Å². The van der Waals surface area contributed by atoms with Crippen LogP contribution in [-0.2, 0) is 16.6 Å². The molecule has 0 bridgehead atoms. The van der Waals surface area contributed by atoms with Gasteiger partial charge < -0.3 is 5.32 Å². The van der Waals surface area contributed by atoms with Crippen molar-refractivity contribution in [3.8, 4) is 0 Å². The number of rotatable bonds is 5. The van der Waals surface area contributed by atoms with E-state index in [-0.39, 0.29) is 11.4 Å². The average molecular weight is 277 g/mol. The number of anilines is 1. The quantitative estimate of drug-likeness (QED) is 0.871. The molecule has 0 unspecified atom stereocenters. The summed E-state index contributed by atoms with van der Waals surface area (Å²) in [5, 5.41) is 2.84. The minimum atomic E-state index is -3.52. The number of hydrogen-bond acceptors (Lipinski definition) is 4. The van der Waals surface area contributed by atoms with E-state index in [0.717, 1.165) is 5.56 Å². The van der Waals surface area contributed by atoms with Gasteiger partial charge in [0.15, 0.2) is 0 Å². The molecule has 1 aromatic heterocycles. The van der Waals surface area contributed by atoms with E-state index < -0.39 is 10.0 Å². The van der Waals surface area contributed by atoms with Crippen molar-refractivity contribution in [2.75, 3.05) is 12.4 Å². The molecule has 2 N–H and O–H groups in total. The highest BCUT2D eigenvalue weighted by Gasteiger charge is 2.13. The second-order valence-corrected chi connectivity index (χ2v) is 5.71. The van der Waals surface area contributed by atoms with Crippen LogP contribution in [0.25, 0.3) is 0 Å². The number of nitrogens with one attached hydrogen (secondary N) is 2. The first-order chi connectivity index (χ1) is 9.12. The maximum Gasteiger partial charge on any atom is 0.242 e. The van der Waals surface area contributed by atoms with Crippen LogP contribution in [0.5, 0.6) is 0 Å². The van der Waals surface area contributed by atoms with Crippen LogP contribution in [0.2, 0.25) is 0 Å². The van der Waals surface area contributed by atoms with Crippen LogP contribution in [0.3, 0.4) is 0 Å². The van der Waals surface area contributed by atoms with E-state index in [2.05, 4.69) is 15.0 Å². The van der Waals surface area contributed by atoms with Crippen LogP contribution in [0.1, 0.15) is 5.56 Å². The van der Waals surface area contributed by atoms with Gasteiger partial charge in [-0.25, -0.2) is 18.1 Å². The van der Waals surface area contributed by atoms with E-state index >= 15 is 0 Å². The van der Waals surface area contributed by atoms with Crippen molar-refractivity contribution in [2.24, 2.45) is 0 Å². The Kier molecular flexibility index (Phi) is 4.13. The predicted octanol–water partition coefficient (Wildman–Crippen LogP) is 1.60. The topological polar surface area (TPSA) is 71.1 Å². The van der Waals surface area contributed by atoms with Crippen molar-refractivity contribution < 1.29 is 8.42 Å². The summed E-state index contributed by atoms with van der Waals surface area (Å²) in [6.07, 6.45) is 1.33. The van der Waals surface area contributed by atoms with Crippen LogP contribution in [-0.4, -0.2) is 20.4 Å². The molecule has 0 fully saturated rings. The summed E-state index contributed by atoms with van der Waals surface area (Å²) in [4.78, 5) is 4.14. The summed E-state index contributed by atoms with van der Waals surface area (Å²) in [6.45, 7) is 0.261. The van der Waals surface area contributed by atoms with Crippen LogP contribution in [0, 0.1) is 0 Å².